The summed E-state index contributed by atoms with van der Waals surface area (Å²) < 4.78 is 9.38. The molecule has 0 amide bonds. The highest BCUT2D eigenvalue weighted by molar-refractivity contribution is 5.74. The van der Waals surface area contributed by atoms with Crippen LogP contribution in [0.1, 0.15) is 5.56 Å². The second-order valence-corrected chi connectivity index (χ2v) is 4.85. The SMILES string of the molecule is Cc1ccc(OC(=O)Oc2c([N+](=O)[O-])cc([N+](=O)[O-])cc2[N+](=O)[O-])cc1. The highest BCUT2D eigenvalue weighted by Gasteiger charge is 2.34. The summed E-state index contributed by atoms with van der Waals surface area (Å²) in [7, 11) is 0. The fourth-order valence-corrected chi connectivity index (χ4v) is 1.87. The maximum Gasteiger partial charge on any atom is 0.519 e. The van der Waals surface area contributed by atoms with Gasteiger partial charge in [0.05, 0.1) is 26.9 Å². The Kier molecular flexibility index (Phi) is 5.06. The molecule has 0 aromatic heterocycles. The number of hydrogen-bond acceptors (Lipinski definition) is 9. The van der Waals surface area contributed by atoms with E-state index in [1.807, 2.05) is 0 Å². The Labute approximate surface area is 144 Å². The standard InChI is InChI=1S/C14H9N3O9/c1-8-2-4-10(5-3-8)25-14(18)26-13-11(16(21)22)6-9(15(19)20)7-12(13)17(23)24/h2-7H,1H3. The third-order valence-electron chi connectivity index (χ3n) is 3.05. The molecule has 26 heavy (non-hydrogen) atoms. The Morgan fingerprint density at radius 3 is 1.77 bits per heavy atom. The fourth-order valence-electron chi connectivity index (χ4n) is 1.87. The summed E-state index contributed by atoms with van der Waals surface area (Å²) in [6, 6.07) is 6.94. The molecular formula is C14H9N3O9. The maximum atomic E-state index is 11.8. The van der Waals surface area contributed by atoms with Crippen LogP contribution in [-0.2, 0) is 0 Å². The van der Waals surface area contributed by atoms with E-state index in [9.17, 15) is 35.1 Å². The van der Waals surface area contributed by atoms with Crippen LogP contribution in [0.3, 0.4) is 0 Å². The number of rotatable bonds is 5. The van der Waals surface area contributed by atoms with Crippen molar-refractivity contribution in [3.8, 4) is 11.5 Å². The van der Waals surface area contributed by atoms with Crippen molar-refractivity contribution in [2.24, 2.45) is 0 Å². The minimum absolute atomic E-state index is 0.0350. The Bertz CT molecular complexity index is 873. The molecular weight excluding hydrogens is 354 g/mol. The molecule has 12 heteroatoms. The van der Waals surface area contributed by atoms with Gasteiger partial charge in [0, 0.05) is 0 Å². The van der Waals surface area contributed by atoms with Crippen LogP contribution in [0.4, 0.5) is 21.9 Å². The van der Waals surface area contributed by atoms with Gasteiger partial charge in [-0.2, -0.15) is 0 Å². The Balaban J connectivity index is 2.41. The van der Waals surface area contributed by atoms with Crippen molar-refractivity contribution >= 4 is 23.2 Å². The first kappa shape index (κ1) is 18.3. The highest BCUT2D eigenvalue weighted by Crippen LogP contribution is 2.40. The number of hydrogen-bond donors (Lipinski definition) is 0. The van der Waals surface area contributed by atoms with Crippen LogP contribution in [-0.4, -0.2) is 20.9 Å². The topological polar surface area (TPSA) is 165 Å². The third kappa shape index (κ3) is 4.05. The summed E-state index contributed by atoms with van der Waals surface area (Å²) in [5.74, 6) is -1.03. The van der Waals surface area contributed by atoms with Gasteiger partial charge in [0.1, 0.15) is 5.75 Å². The number of carbonyl (C=O) groups is 1. The van der Waals surface area contributed by atoms with Gasteiger partial charge in [-0.05, 0) is 19.1 Å². The predicted molar refractivity (Wildman–Crippen MR) is 84.2 cm³/mol. The molecule has 0 bridgehead atoms. The van der Waals surface area contributed by atoms with Crippen molar-refractivity contribution in [2.45, 2.75) is 6.92 Å². The smallest absolute Gasteiger partial charge is 0.395 e. The minimum Gasteiger partial charge on any atom is -0.395 e. The van der Waals surface area contributed by atoms with E-state index in [1.54, 1.807) is 19.1 Å². The number of ether oxygens (including phenoxy) is 2. The highest BCUT2D eigenvalue weighted by atomic mass is 16.7. The van der Waals surface area contributed by atoms with Gasteiger partial charge in [-0.3, -0.25) is 30.3 Å². The predicted octanol–water partition coefficient (Wildman–Crippen LogP) is 3.30. The van der Waals surface area contributed by atoms with Crippen molar-refractivity contribution in [3.05, 3.63) is 72.3 Å². The van der Waals surface area contributed by atoms with Crippen molar-refractivity contribution in [1.82, 2.24) is 0 Å². The monoisotopic (exact) mass is 363 g/mol. The number of nitrogens with zero attached hydrogens (tertiary/aromatic N) is 3. The van der Waals surface area contributed by atoms with Crippen molar-refractivity contribution in [1.29, 1.82) is 0 Å². The summed E-state index contributed by atoms with van der Waals surface area (Å²) in [4.78, 5) is 41.4. The van der Waals surface area contributed by atoms with E-state index in [1.165, 1.54) is 12.1 Å². The van der Waals surface area contributed by atoms with Gasteiger partial charge in [-0.1, -0.05) is 17.7 Å². The van der Waals surface area contributed by atoms with Gasteiger partial charge >= 0.3 is 17.5 Å². The molecule has 0 spiro atoms. The average Bonchev–Trinajstić information content (AvgIpc) is 2.56. The number of benzene rings is 2. The summed E-state index contributed by atoms with van der Waals surface area (Å²) >= 11 is 0. The lowest BCUT2D eigenvalue weighted by molar-refractivity contribution is -0.404. The summed E-state index contributed by atoms with van der Waals surface area (Å²) in [5, 5.41) is 32.9. The zero-order valence-electron chi connectivity index (χ0n) is 13.0. The first-order valence-corrected chi connectivity index (χ1v) is 6.76. The molecule has 0 unspecified atom stereocenters. The van der Waals surface area contributed by atoms with Crippen molar-refractivity contribution < 1.29 is 29.0 Å². The number of nitro benzene ring substituents is 3. The van der Waals surface area contributed by atoms with Gasteiger partial charge in [-0.15, -0.1) is 0 Å². The second-order valence-electron chi connectivity index (χ2n) is 4.85. The second kappa shape index (κ2) is 7.21. The van der Waals surface area contributed by atoms with Crippen LogP contribution < -0.4 is 9.47 Å². The van der Waals surface area contributed by atoms with E-state index in [-0.39, 0.29) is 5.75 Å². The van der Waals surface area contributed by atoms with E-state index < -0.39 is 43.7 Å². The van der Waals surface area contributed by atoms with E-state index in [4.69, 9.17) is 4.74 Å². The molecule has 0 atom stereocenters. The Morgan fingerprint density at radius 2 is 1.35 bits per heavy atom. The van der Waals surface area contributed by atoms with E-state index >= 15 is 0 Å². The van der Waals surface area contributed by atoms with Gasteiger partial charge in [0.25, 0.3) is 11.4 Å². The van der Waals surface area contributed by atoms with Gasteiger partial charge < -0.3 is 9.47 Å². The zero-order valence-corrected chi connectivity index (χ0v) is 13.0. The molecule has 2 rings (SSSR count). The molecule has 0 N–H and O–H groups in total. The van der Waals surface area contributed by atoms with Crippen molar-refractivity contribution in [2.75, 3.05) is 0 Å². The Hall–Kier alpha value is -4.09. The van der Waals surface area contributed by atoms with E-state index in [0.717, 1.165) is 5.56 Å². The molecule has 0 aliphatic rings. The van der Waals surface area contributed by atoms with Crippen LogP contribution in [0, 0.1) is 37.3 Å². The van der Waals surface area contributed by atoms with E-state index in [2.05, 4.69) is 4.74 Å². The molecule has 2 aromatic carbocycles. The lowest BCUT2D eigenvalue weighted by Crippen LogP contribution is -2.15. The molecule has 0 saturated carbocycles. The molecule has 2 aromatic rings. The van der Waals surface area contributed by atoms with Crippen LogP contribution in [0.15, 0.2) is 36.4 Å². The van der Waals surface area contributed by atoms with Gasteiger partial charge in [-0.25, -0.2) is 4.79 Å². The summed E-state index contributed by atoms with van der Waals surface area (Å²) in [5.41, 5.74) is -2.27. The zero-order chi connectivity index (χ0) is 19.4. The number of carbonyl (C=O) groups excluding carboxylic acids is 1. The largest absolute Gasteiger partial charge is 0.519 e. The lowest BCUT2D eigenvalue weighted by Gasteiger charge is -2.07. The molecule has 0 fully saturated rings. The van der Waals surface area contributed by atoms with Crippen LogP contribution in [0.2, 0.25) is 0 Å². The molecule has 134 valence electrons. The molecule has 12 nitrogen and oxygen atoms in total. The summed E-state index contributed by atoms with van der Waals surface area (Å²) in [6.07, 6.45) is -1.48. The first-order valence-electron chi connectivity index (χ1n) is 6.76. The number of aryl methyl sites for hydroxylation is 1. The molecule has 0 aliphatic heterocycles. The lowest BCUT2D eigenvalue weighted by atomic mass is 10.2. The summed E-state index contributed by atoms with van der Waals surface area (Å²) in [6.45, 7) is 1.78. The fraction of sp³-hybridized carbons (Fsp3) is 0.0714. The quantitative estimate of drug-likeness (QED) is 0.335. The Morgan fingerprint density at radius 1 is 0.846 bits per heavy atom. The number of nitro groups is 3. The van der Waals surface area contributed by atoms with Gasteiger partial charge in [0.2, 0.25) is 0 Å². The van der Waals surface area contributed by atoms with Gasteiger partial charge in [0.15, 0.2) is 0 Å². The number of non-ortho nitro benzene ring substituents is 1. The third-order valence-corrected chi connectivity index (χ3v) is 3.05. The molecule has 0 saturated heterocycles. The van der Waals surface area contributed by atoms with Crippen molar-refractivity contribution in [3.63, 3.8) is 0 Å². The molecule has 0 aliphatic carbocycles. The normalized spacial score (nSPS) is 10.0. The molecule has 0 heterocycles. The van der Waals surface area contributed by atoms with Crippen LogP contribution in [0.25, 0.3) is 0 Å². The first-order chi connectivity index (χ1) is 12.2. The maximum absolute atomic E-state index is 11.8. The minimum atomic E-state index is -1.48. The molecule has 0 radical (unpaired) electrons. The average molecular weight is 363 g/mol. The van der Waals surface area contributed by atoms with Crippen LogP contribution >= 0.6 is 0 Å². The van der Waals surface area contributed by atoms with Crippen LogP contribution in [0.5, 0.6) is 11.5 Å². The van der Waals surface area contributed by atoms with E-state index in [0.29, 0.717) is 12.1 Å².